The van der Waals surface area contributed by atoms with Gasteiger partial charge in [0.25, 0.3) is 0 Å². The summed E-state index contributed by atoms with van der Waals surface area (Å²) in [5.74, 6) is 0. The first-order valence-electron chi connectivity index (χ1n) is 5.85. The molecule has 1 aromatic rings. The van der Waals surface area contributed by atoms with Crippen LogP contribution in [0.3, 0.4) is 0 Å². The van der Waals surface area contributed by atoms with Crippen LogP contribution in [0, 0.1) is 11.3 Å². The largest absolute Gasteiger partial charge is 0.444 e. The summed E-state index contributed by atoms with van der Waals surface area (Å²) >= 11 is 0. The highest BCUT2D eigenvalue weighted by molar-refractivity contribution is 5.68. The predicted octanol–water partition coefficient (Wildman–Crippen LogP) is 1.57. The summed E-state index contributed by atoms with van der Waals surface area (Å²) in [6.45, 7) is 6.45. The standard InChI is InChI=1S/C12H16N4O2/c1-12(2,3)18-11(17)16-5-4-9-8(7-16)10(6-13)15-14-9/h4-5,7H2,1-3H3,(H,14,15). The van der Waals surface area contributed by atoms with Gasteiger partial charge in [-0.3, -0.25) is 5.10 Å². The maximum Gasteiger partial charge on any atom is 0.410 e. The van der Waals surface area contributed by atoms with Crippen molar-refractivity contribution in [2.45, 2.75) is 39.3 Å². The molecule has 6 heteroatoms. The summed E-state index contributed by atoms with van der Waals surface area (Å²) in [5.41, 5.74) is 1.59. The van der Waals surface area contributed by atoms with Crippen LogP contribution in [0.15, 0.2) is 0 Å². The maximum atomic E-state index is 11.9. The van der Waals surface area contributed by atoms with Crippen molar-refractivity contribution in [3.63, 3.8) is 0 Å². The number of carbonyl (C=O) groups is 1. The Kier molecular flexibility index (Phi) is 2.99. The maximum absolute atomic E-state index is 11.9. The van der Waals surface area contributed by atoms with Crippen LogP contribution in [0.2, 0.25) is 0 Å². The van der Waals surface area contributed by atoms with E-state index in [2.05, 4.69) is 10.2 Å². The molecule has 6 nitrogen and oxygen atoms in total. The van der Waals surface area contributed by atoms with Crippen LogP contribution in [0.1, 0.15) is 37.7 Å². The van der Waals surface area contributed by atoms with Crippen molar-refractivity contribution in [2.75, 3.05) is 6.54 Å². The lowest BCUT2D eigenvalue weighted by atomic mass is 10.1. The number of hydrogen-bond acceptors (Lipinski definition) is 4. The fourth-order valence-electron chi connectivity index (χ4n) is 1.87. The Morgan fingerprint density at radius 2 is 2.28 bits per heavy atom. The second kappa shape index (κ2) is 4.33. The lowest BCUT2D eigenvalue weighted by Crippen LogP contribution is -2.39. The van der Waals surface area contributed by atoms with E-state index in [1.54, 1.807) is 4.90 Å². The van der Waals surface area contributed by atoms with E-state index >= 15 is 0 Å². The number of amides is 1. The number of rotatable bonds is 0. The lowest BCUT2D eigenvalue weighted by molar-refractivity contribution is 0.0223. The fourth-order valence-corrected chi connectivity index (χ4v) is 1.87. The van der Waals surface area contributed by atoms with Gasteiger partial charge in [0.15, 0.2) is 5.69 Å². The summed E-state index contributed by atoms with van der Waals surface area (Å²) < 4.78 is 5.32. The third-order valence-corrected chi connectivity index (χ3v) is 2.69. The van der Waals surface area contributed by atoms with Crippen molar-refractivity contribution >= 4 is 6.09 Å². The Bertz CT molecular complexity index is 507. The molecule has 0 saturated carbocycles. The van der Waals surface area contributed by atoms with Gasteiger partial charge in [0, 0.05) is 24.2 Å². The summed E-state index contributed by atoms with van der Waals surface area (Å²) in [5, 5.41) is 15.7. The Labute approximate surface area is 106 Å². The highest BCUT2D eigenvalue weighted by atomic mass is 16.6. The second-order valence-corrected chi connectivity index (χ2v) is 5.29. The van der Waals surface area contributed by atoms with Gasteiger partial charge < -0.3 is 9.64 Å². The molecule has 1 aliphatic rings. The molecule has 0 aliphatic carbocycles. The number of carbonyl (C=O) groups excluding carboxylic acids is 1. The SMILES string of the molecule is CC(C)(C)OC(=O)N1CCc2[nH]nc(C#N)c2C1. The molecule has 1 aromatic heterocycles. The summed E-state index contributed by atoms with van der Waals surface area (Å²) in [4.78, 5) is 13.5. The smallest absolute Gasteiger partial charge is 0.410 e. The zero-order valence-electron chi connectivity index (χ0n) is 10.8. The Morgan fingerprint density at radius 3 is 2.89 bits per heavy atom. The minimum absolute atomic E-state index is 0.349. The van der Waals surface area contributed by atoms with Crippen LogP contribution in [-0.2, 0) is 17.7 Å². The molecule has 0 spiro atoms. The van der Waals surface area contributed by atoms with E-state index in [9.17, 15) is 4.79 Å². The van der Waals surface area contributed by atoms with Crippen LogP contribution >= 0.6 is 0 Å². The molecule has 1 aliphatic heterocycles. The number of nitrogens with one attached hydrogen (secondary N) is 1. The van der Waals surface area contributed by atoms with E-state index in [1.807, 2.05) is 26.8 Å². The first kappa shape index (κ1) is 12.4. The van der Waals surface area contributed by atoms with Crippen LogP contribution in [0.4, 0.5) is 4.79 Å². The molecule has 2 heterocycles. The average molecular weight is 248 g/mol. The Balaban J connectivity index is 2.12. The number of aromatic amines is 1. The molecule has 0 atom stereocenters. The normalized spacial score (nSPS) is 14.9. The van der Waals surface area contributed by atoms with Gasteiger partial charge >= 0.3 is 6.09 Å². The van der Waals surface area contributed by atoms with Crippen molar-refractivity contribution in [3.8, 4) is 6.07 Å². The minimum atomic E-state index is -0.508. The molecule has 1 N–H and O–H groups in total. The summed E-state index contributed by atoms with van der Waals surface area (Å²) in [7, 11) is 0. The van der Waals surface area contributed by atoms with E-state index in [0.29, 0.717) is 25.2 Å². The van der Waals surface area contributed by atoms with E-state index in [0.717, 1.165) is 11.3 Å². The van der Waals surface area contributed by atoms with Gasteiger partial charge in [0.1, 0.15) is 11.7 Å². The van der Waals surface area contributed by atoms with E-state index in [4.69, 9.17) is 10.00 Å². The Morgan fingerprint density at radius 1 is 1.56 bits per heavy atom. The zero-order valence-corrected chi connectivity index (χ0v) is 10.8. The third-order valence-electron chi connectivity index (χ3n) is 2.69. The van der Waals surface area contributed by atoms with E-state index in [-0.39, 0.29) is 6.09 Å². The average Bonchev–Trinajstić information content (AvgIpc) is 2.68. The van der Waals surface area contributed by atoms with Crippen molar-refractivity contribution in [1.29, 1.82) is 5.26 Å². The number of H-pyrrole nitrogens is 1. The van der Waals surface area contributed by atoms with Crippen LogP contribution in [0.25, 0.3) is 0 Å². The van der Waals surface area contributed by atoms with Crippen molar-refractivity contribution in [3.05, 3.63) is 17.0 Å². The topological polar surface area (TPSA) is 82.0 Å². The number of nitriles is 1. The molecule has 96 valence electrons. The highest BCUT2D eigenvalue weighted by Gasteiger charge is 2.28. The molecule has 0 aromatic carbocycles. The van der Waals surface area contributed by atoms with Gasteiger partial charge in [0.2, 0.25) is 0 Å². The lowest BCUT2D eigenvalue weighted by Gasteiger charge is -2.29. The second-order valence-electron chi connectivity index (χ2n) is 5.29. The number of fused-ring (bicyclic) bond motifs is 1. The van der Waals surface area contributed by atoms with Crippen molar-refractivity contribution in [1.82, 2.24) is 15.1 Å². The minimum Gasteiger partial charge on any atom is -0.444 e. The molecular weight excluding hydrogens is 232 g/mol. The van der Waals surface area contributed by atoms with Gasteiger partial charge in [-0.25, -0.2) is 4.79 Å². The molecule has 18 heavy (non-hydrogen) atoms. The van der Waals surface area contributed by atoms with Crippen LogP contribution in [0.5, 0.6) is 0 Å². The monoisotopic (exact) mass is 248 g/mol. The molecule has 0 unspecified atom stereocenters. The number of nitrogens with zero attached hydrogens (tertiary/aromatic N) is 3. The molecule has 2 rings (SSSR count). The van der Waals surface area contributed by atoms with Gasteiger partial charge in [-0.05, 0) is 20.8 Å². The highest BCUT2D eigenvalue weighted by Crippen LogP contribution is 2.21. The predicted molar refractivity (Wildman–Crippen MR) is 63.7 cm³/mol. The molecule has 0 radical (unpaired) electrons. The zero-order chi connectivity index (χ0) is 13.3. The first-order chi connectivity index (χ1) is 8.40. The van der Waals surface area contributed by atoms with Gasteiger partial charge in [-0.15, -0.1) is 0 Å². The van der Waals surface area contributed by atoms with Gasteiger partial charge in [0.05, 0.1) is 6.54 Å². The van der Waals surface area contributed by atoms with Crippen LogP contribution in [-0.4, -0.2) is 33.3 Å². The Hall–Kier alpha value is -2.03. The first-order valence-corrected chi connectivity index (χ1v) is 5.85. The van der Waals surface area contributed by atoms with E-state index in [1.165, 1.54) is 0 Å². The van der Waals surface area contributed by atoms with E-state index < -0.39 is 5.60 Å². The quantitative estimate of drug-likeness (QED) is 0.755. The summed E-state index contributed by atoms with van der Waals surface area (Å²) in [6, 6.07) is 2.02. The molecule has 1 amide bonds. The fraction of sp³-hybridized carbons (Fsp3) is 0.583. The molecule has 0 bridgehead atoms. The number of ether oxygens (including phenoxy) is 1. The number of aromatic nitrogens is 2. The summed E-state index contributed by atoms with van der Waals surface area (Å²) in [6.07, 6.45) is 0.321. The molecular formula is C12H16N4O2. The van der Waals surface area contributed by atoms with Gasteiger partial charge in [-0.2, -0.15) is 10.4 Å². The molecule has 0 saturated heterocycles. The molecule has 0 fully saturated rings. The third kappa shape index (κ3) is 2.45. The van der Waals surface area contributed by atoms with Gasteiger partial charge in [-0.1, -0.05) is 0 Å². The van der Waals surface area contributed by atoms with Crippen molar-refractivity contribution in [2.24, 2.45) is 0 Å². The van der Waals surface area contributed by atoms with Crippen LogP contribution < -0.4 is 0 Å². The van der Waals surface area contributed by atoms with Crippen molar-refractivity contribution < 1.29 is 9.53 Å². The number of hydrogen-bond donors (Lipinski definition) is 1.